The van der Waals surface area contributed by atoms with Gasteiger partial charge in [-0.15, -0.1) is 0 Å². The van der Waals surface area contributed by atoms with Crippen molar-refractivity contribution in [2.45, 2.75) is 44.2 Å². The minimum absolute atomic E-state index is 0.0376. The third-order valence-corrected chi connectivity index (χ3v) is 3.03. The van der Waals surface area contributed by atoms with Crippen LogP contribution in [0.25, 0.3) is 0 Å². The second-order valence-corrected chi connectivity index (χ2v) is 3.88. The normalized spacial score (nSPS) is 40.1. The highest BCUT2D eigenvalue weighted by molar-refractivity contribution is 4.83. The molecule has 0 saturated carbocycles. The van der Waals surface area contributed by atoms with Crippen LogP contribution >= 0.6 is 0 Å². The van der Waals surface area contributed by atoms with Crippen molar-refractivity contribution in [3.05, 3.63) is 0 Å². The Hall–Kier alpha value is -0.0800. The van der Waals surface area contributed by atoms with E-state index < -0.39 is 0 Å². The predicted octanol–water partition coefficient (Wildman–Crippen LogP) is 0.996. The highest BCUT2D eigenvalue weighted by atomic mass is 16.3. The Morgan fingerprint density at radius 1 is 1.09 bits per heavy atom. The highest BCUT2D eigenvalue weighted by Gasteiger charge is 2.28. The van der Waals surface area contributed by atoms with E-state index in [0.717, 1.165) is 19.0 Å². The first-order valence-corrected chi connectivity index (χ1v) is 4.78. The maximum Gasteiger partial charge on any atom is 0.0667 e. The summed E-state index contributed by atoms with van der Waals surface area (Å²) in [5.74, 6) is 0. The maximum atomic E-state index is 9.41. The van der Waals surface area contributed by atoms with Crippen LogP contribution < -0.4 is 0 Å². The summed E-state index contributed by atoms with van der Waals surface area (Å²) in [4.78, 5) is 2.47. The Morgan fingerprint density at radius 2 is 2.00 bits per heavy atom. The standard InChI is InChI=1S/C9H17NO/c11-9-5-4-8-3-1-2-6-10(8)7-9/h8-9,11H,1-7H2/t8-,9+/m0/s1. The highest BCUT2D eigenvalue weighted by Crippen LogP contribution is 2.25. The molecule has 2 heterocycles. The third-order valence-electron chi connectivity index (χ3n) is 3.03. The zero-order chi connectivity index (χ0) is 7.68. The molecule has 0 unspecified atom stereocenters. The Labute approximate surface area is 68.2 Å². The minimum Gasteiger partial charge on any atom is -0.392 e. The predicted molar refractivity (Wildman–Crippen MR) is 44.5 cm³/mol. The van der Waals surface area contributed by atoms with Crippen molar-refractivity contribution in [3.8, 4) is 0 Å². The van der Waals surface area contributed by atoms with Gasteiger partial charge < -0.3 is 5.11 Å². The lowest BCUT2D eigenvalue weighted by atomic mass is 9.92. The SMILES string of the molecule is O[C@@H]1CC[C@@H]2CCCCN2C1. The summed E-state index contributed by atoms with van der Waals surface area (Å²) in [5.41, 5.74) is 0. The van der Waals surface area contributed by atoms with E-state index in [2.05, 4.69) is 4.90 Å². The summed E-state index contributed by atoms with van der Waals surface area (Å²) in [6.45, 7) is 2.16. The number of piperidine rings is 2. The molecule has 2 rings (SSSR count). The van der Waals surface area contributed by atoms with E-state index in [4.69, 9.17) is 0 Å². The average Bonchev–Trinajstić information content (AvgIpc) is 2.04. The van der Waals surface area contributed by atoms with Crippen LogP contribution in [0, 0.1) is 0 Å². The van der Waals surface area contributed by atoms with Gasteiger partial charge in [-0.25, -0.2) is 0 Å². The molecule has 0 aliphatic carbocycles. The molecule has 2 atom stereocenters. The van der Waals surface area contributed by atoms with Crippen LogP contribution in [0.2, 0.25) is 0 Å². The van der Waals surface area contributed by atoms with Crippen molar-refractivity contribution in [1.29, 1.82) is 0 Å². The molecule has 2 nitrogen and oxygen atoms in total. The zero-order valence-corrected chi connectivity index (χ0v) is 7.00. The summed E-state index contributed by atoms with van der Waals surface area (Å²) in [5, 5.41) is 9.41. The summed E-state index contributed by atoms with van der Waals surface area (Å²) in [6.07, 6.45) is 6.32. The van der Waals surface area contributed by atoms with Crippen LogP contribution in [0.3, 0.4) is 0 Å². The van der Waals surface area contributed by atoms with Gasteiger partial charge in [0, 0.05) is 12.6 Å². The number of aliphatic hydroxyl groups excluding tert-OH is 1. The number of hydrogen-bond acceptors (Lipinski definition) is 2. The molecule has 0 radical (unpaired) electrons. The van der Waals surface area contributed by atoms with Crippen molar-refractivity contribution < 1.29 is 5.11 Å². The average molecular weight is 155 g/mol. The first kappa shape index (κ1) is 7.56. The van der Waals surface area contributed by atoms with Gasteiger partial charge in [-0.1, -0.05) is 6.42 Å². The molecule has 0 amide bonds. The number of nitrogens with zero attached hydrogens (tertiary/aromatic N) is 1. The molecule has 2 aliphatic rings. The third kappa shape index (κ3) is 1.57. The summed E-state index contributed by atoms with van der Waals surface area (Å²) in [6, 6.07) is 0.812. The molecule has 0 aromatic heterocycles. The molecule has 64 valence electrons. The number of hydrogen-bond donors (Lipinski definition) is 1. The van der Waals surface area contributed by atoms with Crippen LogP contribution in [-0.2, 0) is 0 Å². The van der Waals surface area contributed by atoms with Gasteiger partial charge in [0.05, 0.1) is 6.10 Å². The number of fused-ring (bicyclic) bond motifs is 1. The Bertz CT molecular complexity index is 138. The lowest BCUT2D eigenvalue weighted by Gasteiger charge is -2.41. The van der Waals surface area contributed by atoms with E-state index in [1.807, 2.05) is 0 Å². The summed E-state index contributed by atoms with van der Waals surface area (Å²) < 4.78 is 0. The van der Waals surface area contributed by atoms with E-state index >= 15 is 0 Å². The largest absolute Gasteiger partial charge is 0.392 e. The molecule has 0 aromatic rings. The van der Waals surface area contributed by atoms with E-state index in [1.165, 1.54) is 32.2 Å². The molecule has 0 bridgehead atoms. The van der Waals surface area contributed by atoms with Crippen molar-refractivity contribution in [2.75, 3.05) is 13.1 Å². The fourth-order valence-electron chi connectivity index (χ4n) is 2.37. The molecule has 11 heavy (non-hydrogen) atoms. The van der Waals surface area contributed by atoms with Crippen LogP contribution in [0.15, 0.2) is 0 Å². The van der Waals surface area contributed by atoms with Gasteiger partial charge >= 0.3 is 0 Å². The minimum atomic E-state index is -0.0376. The molecule has 2 fully saturated rings. The lowest BCUT2D eigenvalue weighted by molar-refractivity contribution is 0.0180. The van der Waals surface area contributed by atoms with Gasteiger partial charge in [-0.2, -0.15) is 0 Å². The molecule has 0 aromatic carbocycles. The molecule has 2 aliphatic heterocycles. The van der Waals surface area contributed by atoms with Crippen LogP contribution in [-0.4, -0.2) is 35.2 Å². The second kappa shape index (κ2) is 3.11. The topological polar surface area (TPSA) is 23.5 Å². The van der Waals surface area contributed by atoms with Gasteiger partial charge in [0.2, 0.25) is 0 Å². The van der Waals surface area contributed by atoms with Gasteiger partial charge in [0.15, 0.2) is 0 Å². The molecular weight excluding hydrogens is 138 g/mol. The van der Waals surface area contributed by atoms with E-state index in [1.54, 1.807) is 0 Å². The van der Waals surface area contributed by atoms with Crippen LogP contribution in [0.1, 0.15) is 32.1 Å². The van der Waals surface area contributed by atoms with Crippen LogP contribution in [0.5, 0.6) is 0 Å². The monoisotopic (exact) mass is 155 g/mol. The number of aliphatic hydroxyl groups is 1. The zero-order valence-electron chi connectivity index (χ0n) is 7.00. The Kier molecular flexibility index (Phi) is 2.14. The smallest absolute Gasteiger partial charge is 0.0667 e. The maximum absolute atomic E-state index is 9.41. The molecule has 0 spiro atoms. The van der Waals surface area contributed by atoms with Gasteiger partial charge in [-0.05, 0) is 32.2 Å². The van der Waals surface area contributed by atoms with Gasteiger partial charge in [-0.3, -0.25) is 4.90 Å². The Balaban J connectivity index is 1.93. The van der Waals surface area contributed by atoms with Crippen molar-refractivity contribution >= 4 is 0 Å². The molecule has 2 saturated heterocycles. The summed E-state index contributed by atoms with van der Waals surface area (Å²) in [7, 11) is 0. The van der Waals surface area contributed by atoms with Crippen LogP contribution in [0.4, 0.5) is 0 Å². The molecular formula is C9H17NO. The Morgan fingerprint density at radius 3 is 2.91 bits per heavy atom. The van der Waals surface area contributed by atoms with Crippen molar-refractivity contribution in [3.63, 3.8) is 0 Å². The number of rotatable bonds is 0. The van der Waals surface area contributed by atoms with Gasteiger partial charge in [0.25, 0.3) is 0 Å². The first-order chi connectivity index (χ1) is 5.36. The van der Waals surface area contributed by atoms with Crippen molar-refractivity contribution in [2.24, 2.45) is 0 Å². The lowest BCUT2D eigenvalue weighted by Crippen LogP contribution is -2.47. The fourth-order valence-corrected chi connectivity index (χ4v) is 2.37. The van der Waals surface area contributed by atoms with Crippen molar-refractivity contribution in [1.82, 2.24) is 4.90 Å². The quantitative estimate of drug-likeness (QED) is 0.564. The molecule has 2 heteroatoms. The molecule has 1 N–H and O–H groups in total. The van der Waals surface area contributed by atoms with E-state index in [0.29, 0.717) is 0 Å². The van der Waals surface area contributed by atoms with E-state index in [-0.39, 0.29) is 6.10 Å². The first-order valence-electron chi connectivity index (χ1n) is 4.78. The van der Waals surface area contributed by atoms with E-state index in [9.17, 15) is 5.11 Å². The summed E-state index contributed by atoms with van der Waals surface area (Å²) >= 11 is 0. The fraction of sp³-hybridized carbons (Fsp3) is 1.00. The second-order valence-electron chi connectivity index (χ2n) is 3.88. The van der Waals surface area contributed by atoms with Gasteiger partial charge in [0.1, 0.15) is 0 Å².